The monoisotopic (exact) mass is 449 g/mol. The molecule has 32 heavy (non-hydrogen) atoms. The summed E-state index contributed by atoms with van der Waals surface area (Å²) in [6, 6.07) is 19.6. The zero-order valence-electron chi connectivity index (χ0n) is 18.6. The van der Waals surface area contributed by atoms with Gasteiger partial charge in [-0.25, -0.2) is 0 Å². The second-order valence-electron chi connectivity index (χ2n) is 8.94. The van der Waals surface area contributed by atoms with Gasteiger partial charge >= 0.3 is 0 Å². The predicted molar refractivity (Wildman–Crippen MR) is 131 cm³/mol. The summed E-state index contributed by atoms with van der Waals surface area (Å²) in [5.41, 5.74) is 5.80. The number of nitrogens with zero attached hydrogens (tertiary/aromatic N) is 2. The van der Waals surface area contributed by atoms with Crippen LogP contribution in [0.4, 0.5) is 0 Å². The van der Waals surface area contributed by atoms with Gasteiger partial charge in [-0.2, -0.15) is 0 Å². The SMILES string of the molecule is Cl.Cn1c2c(c3ccc(-n4ccc(OCc5ccccc5)cc4=O)cc31)CC(C)(C)NC2. The van der Waals surface area contributed by atoms with E-state index >= 15 is 0 Å². The molecule has 0 spiro atoms. The molecule has 5 nitrogen and oxygen atoms in total. The zero-order chi connectivity index (χ0) is 21.6. The Morgan fingerprint density at radius 1 is 1.06 bits per heavy atom. The molecule has 0 amide bonds. The van der Waals surface area contributed by atoms with Crippen LogP contribution in [0.5, 0.6) is 5.75 Å². The maximum atomic E-state index is 12.8. The standard InChI is InChI=1S/C26H27N3O2.ClH/c1-26(2)15-22-21-10-9-19(13-23(21)28(3)24(22)16-27-26)29-12-11-20(14-25(29)30)31-17-18-7-5-4-6-8-18;/h4-14,27H,15-17H2,1-3H3;1H. The van der Waals surface area contributed by atoms with Crippen LogP contribution in [0.15, 0.2) is 71.7 Å². The minimum Gasteiger partial charge on any atom is -0.489 e. The first-order valence-corrected chi connectivity index (χ1v) is 10.7. The van der Waals surface area contributed by atoms with E-state index in [1.807, 2.05) is 42.5 Å². The van der Waals surface area contributed by atoms with Gasteiger partial charge in [0.1, 0.15) is 12.4 Å². The minimum atomic E-state index is -0.105. The summed E-state index contributed by atoms with van der Waals surface area (Å²) in [7, 11) is 2.11. The maximum Gasteiger partial charge on any atom is 0.258 e. The summed E-state index contributed by atoms with van der Waals surface area (Å²) in [5, 5.41) is 4.88. The van der Waals surface area contributed by atoms with Gasteiger partial charge in [-0.15, -0.1) is 12.4 Å². The van der Waals surface area contributed by atoms with Crippen LogP contribution in [-0.2, 0) is 26.6 Å². The van der Waals surface area contributed by atoms with Crippen LogP contribution in [0.25, 0.3) is 16.6 Å². The molecule has 5 rings (SSSR count). The van der Waals surface area contributed by atoms with E-state index in [2.05, 4.69) is 42.9 Å². The first-order chi connectivity index (χ1) is 14.9. The Morgan fingerprint density at radius 2 is 1.84 bits per heavy atom. The zero-order valence-corrected chi connectivity index (χ0v) is 19.4. The van der Waals surface area contributed by atoms with Crippen LogP contribution in [-0.4, -0.2) is 14.7 Å². The third-order valence-corrected chi connectivity index (χ3v) is 6.19. The van der Waals surface area contributed by atoms with Crippen LogP contribution in [0.2, 0.25) is 0 Å². The molecule has 3 heterocycles. The molecule has 0 saturated carbocycles. The Balaban J connectivity index is 0.00000245. The van der Waals surface area contributed by atoms with Crippen molar-refractivity contribution in [2.45, 2.75) is 39.0 Å². The lowest BCUT2D eigenvalue weighted by atomic mass is 9.89. The molecule has 0 atom stereocenters. The van der Waals surface area contributed by atoms with E-state index in [-0.39, 0.29) is 23.5 Å². The number of aryl methyl sites for hydroxylation is 1. The van der Waals surface area contributed by atoms with Gasteiger partial charge < -0.3 is 14.6 Å². The molecule has 0 bridgehead atoms. The second kappa shape index (κ2) is 8.49. The van der Waals surface area contributed by atoms with Gasteiger partial charge in [0.15, 0.2) is 0 Å². The summed E-state index contributed by atoms with van der Waals surface area (Å²) in [5.74, 6) is 0.578. The van der Waals surface area contributed by atoms with Gasteiger partial charge in [-0.1, -0.05) is 36.4 Å². The van der Waals surface area contributed by atoms with Crippen LogP contribution < -0.4 is 15.6 Å². The van der Waals surface area contributed by atoms with Crippen molar-refractivity contribution < 1.29 is 4.74 Å². The number of aromatic nitrogens is 2. The highest BCUT2D eigenvalue weighted by molar-refractivity contribution is 5.87. The van der Waals surface area contributed by atoms with Crippen molar-refractivity contribution in [1.29, 1.82) is 0 Å². The fourth-order valence-electron chi connectivity index (χ4n) is 4.46. The summed E-state index contributed by atoms with van der Waals surface area (Å²) >= 11 is 0. The maximum absolute atomic E-state index is 12.8. The summed E-state index contributed by atoms with van der Waals surface area (Å²) in [4.78, 5) is 12.8. The molecule has 1 aliphatic heterocycles. The molecule has 0 radical (unpaired) electrons. The topological polar surface area (TPSA) is 48.2 Å². The number of nitrogens with one attached hydrogen (secondary N) is 1. The van der Waals surface area contributed by atoms with Crippen molar-refractivity contribution in [3.05, 3.63) is 94.0 Å². The lowest BCUT2D eigenvalue weighted by Crippen LogP contribution is -2.44. The number of fused-ring (bicyclic) bond motifs is 3. The van der Waals surface area contributed by atoms with Crippen molar-refractivity contribution in [3.63, 3.8) is 0 Å². The fraction of sp³-hybridized carbons (Fsp3) is 0.269. The average molecular weight is 450 g/mol. The third-order valence-electron chi connectivity index (χ3n) is 6.19. The molecule has 2 aromatic carbocycles. The van der Waals surface area contributed by atoms with Gasteiger partial charge in [0.25, 0.3) is 5.56 Å². The quantitative estimate of drug-likeness (QED) is 0.489. The van der Waals surface area contributed by atoms with Crippen molar-refractivity contribution in [2.24, 2.45) is 7.05 Å². The summed E-state index contributed by atoms with van der Waals surface area (Å²) < 4.78 is 9.72. The highest BCUT2D eigenvalue weighted by Gasteiger charge is 2.28. The second-order valence-corrected chi connectivity index (χ2v) is 8.94. The smallest absolute Gasteiger partial charge is 0.258 e. The highest BCUT2D eigenvalue weighted by atomic mass is 35.5. The molecule has 1 aliphatic rings. The van der Waals surface area contributed by atoms with Crippen molar-refractivity contribution in [1.82, 2.24) is 14.5 Å². The van der Waals surface area contributed by atoms with E-state index in [9.17, 15) is 4.79 Å². The molecule has 166 valence electrons. The first-order valence-electron chi connectivity index (χ1n) is 10.7. The normalized spacial score (nSPS) is 14.6. The number of halogens is 1. The lowest BCUT2D eigenvalue weighted by Gasteiger charge is -2.31. The van der Waals surface area contributed by atoms with E-state index in [4.69, 9.17) is 4.74 Å². The molecule has 0 unspecified atom stereocenters. The van der Waals surface area contributed by atoms with Crippen LogP contribution in [0.3, 0.4) is 0 Å². The van der Waals surface area contributed by atoms with E-state index in [0.29, 0.717) is 12.4 Å². The Kier molecular flexibility index (Phi) is 5.89. The van der Waals surface area contributed by atoms with Gasteiger partial charge in [0.05, 0.1) is 11.2 Å². The van der Waals surface area contributed by atoms with Gasteiger partial charge in [0, 0.05) is 42.5 Å². The molecular formula is C26H28ClN3O2. The van der Waals surface area contributed by atoms with Crippen LogP contribution in [0, 0.1) is 0 Å². The fourth-order valence-corrected chi connectivity index (χ4v) is 4.46. The van der Waals surface area contributed by atoms with Crippen molar-refractivity contribution in [2.75, 3.05) is 0 Å². The molecule has 0 saturated heterocycles. The number of rotatable bonds is 4. The van der Waals surface area contributed by atoms with Crippen molar-refractivity contribution in [3.8, 4) is 11.4 Å². The van der Waals surface area contributed by atoms with Gasteiger partial charge in [-0.3, -0.25) is 9.36 Å². The third kappa shape index (κ3) is 4.06. The van der Waals surface area contributed by atoms with Gasteiger partial charge in [0.2, 0.25) is 0 Å². The molecule has 1 N–H and O–H groups in total. The summed E-state index contributed by atoms with van der Waals surface area (Å²) in [6.07, 6.45) is 2.78. The van der Waals surface area contributed by atoms with E-state index in [0.717, 1.165) is 29.7 Å². The van der Waals surface area contributed by atoms with Crippen LogP contribution >= 0.6 is 12.4 Å². The molecule has 4 aromatic rings. The molecule has 2 aromatic heterocycles. The average Bonchev–Trinajstić information content (AvgIpc) is 3.03. The minimum absolute atomic E-state index is 0. The molecule has 6 heteroatoms. The highest BCUT2D eigenvalue weighted by Crippen LogP contribution is 2.33. The largest absolute Gasteiger partial charge is 0.489 e. The first kappa shape index (κ1) is 22.2. The Hall–Kier alpha value is -3.02. The Bertz CT molecular complexity index is 1320. The van der Waals surface area contributed by atoms with E-state index in [1.165, 1.54) is 16.6 Å². The van der Waals surface area contributed by atoms with E-state index < -0.39 is 0 Å². The van der Waals surface area contributed by atoms with Crippen LogP contribution in [0.1, 0.15) is 30.7 Å². The van der Waals surface area contributed by atoms with Crippen molar-refractivity contribution >= 4 is 23.3 Å². The Morgan fingerprint density at radius 3 is 2.59 bits per heavy atom. The number of hydrogen-bond donors (Lipinski definition) is 1. The summed E-state index contributed by atoms with van der Waals surface area (Å²) in [6.45, 7) is 5.78. The number of hydrogen-bond acceptors (Lipinski definition) is 3. The van der Waals surface area contributed by atoms with Gasteiger partial charge in [-0.05, 0) is 49.6 Å². The Labute approximate surface area is 194 Å². The predicted octanol–water partition coefficient (Wildman–Crippen LogP) is 4.75. The molecule has 0 aliphatic carbocycles. The van der Waals surface area contributed by atoms with E-state index in [1.54, 1.807) is 16.8 Å². The molecule has 0 fully saturated rings. The molecular weight excluding hydrogens is 422 g/mol. The lowest BCUT2D eigenvalue weighted by molar-refractivity contribution is 0.305. The number of benzene rings is 2. The number of pyridine rings is 1. The number of ether oxygens (including phenoxy) is 1.